The molecule has 5 heteroatoms. The summed E-state index contributed by atoms with van der Waals surface area (Å²) in [7, 11) is 0. The number of hydrazine groups is 1. The molecule has 0 radical (unpaired) electrons. The number of hydrogen-bond donors (Lipinski definition) is 3. The lowest BCUT2D eigenvalue weighted by Crippen LogP contribution is -2.54. The molecule has 1 unspecified atom stereocenters. The molecule has 0 bridgehead atoms. The molecule has 0 aliphatic heterocycles. The van der Waals surface area contributed by atoms with Gasteiger partial charge in [0.15, 0.2) is 0 Å². The highest BCUT2D eigenvalue weighted by Gasteiger charge is 2.41. The van der Waals surface area contributed by atoms with Gasteiger partial charge in [-0.1, -0.05) is 12.8 Å². The van der Waals surface area contributed by atoms with Gasteiger partial charge in [0.2, 0.25) is 0 Å². The molecule has 5 nitrogen and oxygen atoms in total. The third-order valence-corrected chi connectivity index (χ3v) is 4.08. The molecule has 1 aliphatic rings. The lowest BCUT2D eigenvalue weighted by Gasteiger charge is -2.37. The maximum Gasteiger partial charge on any atom is 0.0851 e. The molecule has 0 saturated heterocycles. The molecule has 1 fully saturated rings. The first-order chi connectivity index (χ1) is 9.22. The van der Waals surface area contributed by atoms with Crippen LogP contribution >= 0.6 is 0 Å². The Morgan fingerprint density at radius 3 is 2.79 bits per heavy atom. The van der Waals surface area contributed by atoms with Crippen molar-refractivity contribution < 1.29 is 4.74 Å². The summed E-state index contributed by atoms with van der Waals surface area (Å²) in [5, 5.41) is 0. The van der Waals surface area contributed by atoms with Crippen LogP contribution in [0, 0.1) is 0 Å². The van der Waals surface area contributed by atoms with Gasteiger partial charge in [0.25, 0.3) is 0 Å². The van der Waals surface area contributed by atoms with Gasteiger partial charge in [0.1, 0.15) is 0 Å². The van der Waals surface area contributed by atoms with Crippen molar-refractivity contribution in [3.8, 4) is 0 Å². The van der Waals surface area contributed by atoms with Crippen molar-refractivity contribution in [1.82, 2.24) is 10.4 Å². The van der Waals surface area contributed by atoms with Crippen LogP contribution in [0.15, 0.2) is 18.5 Å². The highest BCUT2D eigenvalue weighted by molar-refractivity contribution is 5.44. The molecule has 0 spiro atoms. The molecule has 1 aromatic rings. The third kappa shape index (κ3) is 3.05. The lowest BCUT2D eigenvalue weighted by molar-refractivity contribution is -0.0613. The zero-order valence-electron chi connectivity index (χ0n) is 11.6. The van der Waals surface area contributed by atoms with Crippen LogP contribution in [-0.4, -0.2) is 23.2 Å². The van der Waals surface area contributed by atoms with Crippen molar-refractivity contribution in [2.24, 2.45) is 5.84 Å². The van der Waals surface area contributed by atoms with Crippen LogP contribution in [-0.2, 0) is 11.2 Å². The summed E-state index contributed by atoms with van der Waals surface area (Å²) in [4.78, 5) is 4.14. The molecule has 1 heterocycles. The predicted molar refractivity (Wildman–Crippen MR) is 76.3 cm³/mol. The molecule has 106 valence electrons. The second-order valence-electron chi connectivity index (χ2n) is 5.20. The molecule has 1 aromatic heterocycles. The van der Waals surface area contributed by atoms with E-state index in [1.807, 2.05) is 19.2 Å². The van der Waals surface area contributed by atoms with Gasteiger partial charge >= 0.3 is 0 Å². The van der Waals surface area contributed by atoms with Gasteiger partial charge in [-0.2, -0.15) is 0 Å². The standard InChI is InChI=1S/C14H24N4O/c1-2-19-14(6-3-4-7-14)13(18-16)9-11-10-17-8-5-12(11)15/h5,8,10,13,18H,2-4,6-7,9,16H2,1H3,(H2,15,17). The first-order valence-electron chi connectivity index (χ1n) is 7.00. The van der Waals surface area contributed by atoms with Crippen molar-refractivity contribution in [2.75, 3.05) is 12.3 Å². The summed E-state index contributed by atoms with van der Waals surface area (Å²) >= 11 is 0. The minimum Gasteiger partial charge on any atom is -0.398 e. The van der Waals surface area contributed by atoms with E-state index in [0.29, 0.717) is 6.61 Å². The molecule has 0 amide bonds. The fourth-order valence-corrected chi connectivity index (χ4v) is 3.08. The fraction of sp³-hybridized carbons (Fsp3) is 0.643. The fourth-order valence-electron chi connectivity index (χ4n) is 3.08. The Hall–Kier alpha value is -1.17. The normalized spacial score (nSPS) is 19.5. The van der Waals surface area contributed by atoms with E-state index >= 15 is 0 Å². The van der Waals surface area contributed by atoms with E-state index in [2.05, 4.69) is 10.4 Å². The van der Waals surface area contributed by atoms with E-state index in [1.165, 1.54) is 12.8 Å². The number of pyridine rings is 1. The topological polar surface area (TPSA) is 86.2 Å². The van der Waals surface area contributed by atoms with Crippen LogP contribution in [0.4, 0.5) is 5.69 Å². The maximum absolute atomic E-state index is 6.05. The molecule has 1 atom stereocenters. The van der Waals surface area contributed by atoms with Gasteiger partial charge in [-0.3, -0.25) is 16.3 Å². The number of ether oxygens (including phenoxy) is 1. The largest absolute Gasteiger partial charge is 0.398 e. The van der Waals surface area contributed by atoms with Crippen LogP contribution < -0.4 is 17.0 Å². The van der Waals surface area contributed by atoms with Crippen molar-refractivity contribution in [3.05, 3.63) is 24.0 Å². The zero-order chi connectivity index (χ0) is 13.7. The quantitative estimate of drug-likeness (QED) is 0.534. The third-order valence-electron chi connectivity index (χ3n) is 4.08. The van der Waals surface area contributed by atoms with Crippen molar-refractivity contribution in [3.63, 3.8) is 0 Å². The van der Waals surface area contributed by atoms with Crippen LogP contribution in [0.5, 0.6) is 0 Å². The molecule has 0 aromatic carbocycles. The van der Waals surface area contributed by atoms with Crippen molar-refractivity contribution in [2.45, 2.75) is 50.7 Å². The first kappa shape index (κ1) is 14.2. The molecular formula is C14H24N4O. The number of nitrogen functional groups attached to an aromatic ring is 1. The number of nitrogens with two attached hydrogens (primary N) is 2. The molecule has 2 rings (SSSR count). The summed E-state index contributed by atoms with van der Waals surface area (Å²) in [5.41, 5.74) is 10.6. The van der Waals surface area contributed by atoms with Crippen molar-refractivity contribution in [1.29, 1.82) is 0 Å². The molecule has 19 heavy (non-hydrogen) atoms. The van der Waals surface area contributed by atoms with E-state index in [0.717, 1.165) is 30.5 Å². The minimum atomic E-state index is -0.161. The van der Waals surface area contributed by atoms with Crippen molar-refractivity contribution >= 4 is 5.69 Å². The lowest BCUT2D eigenvalue weighted by atomic mass is 9.87. The minimum absolute atomic E-state index is 0.0708. The molecular weight excluding hydrogens is 240 g/mol. The van der Waals surface area contributed by atoms with E-state index in [4.69, 9.17) is 16.3 Å². The summed E-state index contributed by atoms with van der Waals surface area (Å²) in [6.45, 7) is 2.74. The number of anilines is 1. The summed E-state index contributed by atoms with van der Waals surface area (Å²) in [6.07, 6.45) is 8.76. The average molecular weight is 264 g/mol. The number of rotatable bonds is 6. The van der Waals surface area contributed by atoms with E-state index in [1.54, 1.807) is 6.20 Å². The van der Waals surface area contributed by atoms with E-state index in [-0.39, 0.29) is 11.6 Å². The number of hydrogen-bond acceptors (Lipinski definition) is 5. The Balaban J connectivity index is 2.17. The Kier molecular flexibility index (Phi) is 4.74. The van der Waals surface area contributed by atoms with Gasteiger partial charge in [0.05, 0.1) is 11.6 Å². The number of aromatic nitrogens is 1. The monoisotopic (exact) mass is 264 g/mol. The Morgan fingerprint density at radius 1 is 1.47 bits per heavy atom. The second kappa shape index (κ2) is 6.32. The number of nitrogens with zero attached hydrogens (tertiary/aromatic N) is 1. The Labute approximate surface area is 114 Å². The van der Waals surface area contributed by atoms with Gasteiger partial charge in [0, 0.05) is 24.7 Å². The highest BCUT2D eigenvalue weighted by atomic mass is 16.5. The summed E-state index contributed by atoms with van der Waals surface area (Å²) in [6, 6.07) is 1.90. The van der Waals surface area contributed by atoms with Crippen LogP contribution in [0.3, 0.4) is 0 Å². The van der Waals surface area contributed by atoms with Crippen LogP contribution in [0.1, 0.15) is 38.2 Å². The highest BCUT2D eigenvalue weighted by Crippen LogP contribution is 2.37. The van der Waals surface area contributed by atoms with Crippen LogP contribution in [0.2, 0.25) is 0 Å². The van der Waals surface area contributed by atoms with Gasteiger partial charge < -0.3 is 10.5 Å². The van der Waals surface area contributed by atoms with Gasteiger partial charge in [-0.25, -0.2) is 0 Å². The Morgan fingerprint density at radius 2 is 2.21 bits per heavy atom. The molecule has 5 N–H and O–H groups in total. The Bertz CT molecular complexity index is 404. The van der Waals surface area contributed by atoms with Crippen LogP contribution in [0.25, 0.3) is 0 Å². The molecule has 1 aliphatic carbocycles. The average Bonchev–Trinajstić information content (AvgIpc) is 2.88. The van der Waals surface area contributed by atoms with E-state index in [9.17, 15) is 0 Å². The number of nitrogens with one attached hydrogen (secondary N) is 1. The van der Waals surface area contributed by atoms with Gasteiger partial charge in [-0.15, -0.1) is 0 Å². The summed E-state index contributed by atoms with van der Waals surface area (Å²) in [5.74, 6) is 5.77. The zero-order valence-corrected chi connectivity index (χ0v) is 11.6. The second-order valence-corrected chi connectivity index (χ2v) is 5.20. The van der Waals surface area contributed by atoms with Gasteiger partial charge in [-0.05, 0) is 37.8 Å². The molecule has 1 saturated carbocycles. The first-order valence-corrected chi connectivity index (χ1v) is 7.00. The predicted octanol–water partition coefficient (Wildman–Crippen LogP) is 1.39. The SMILES string of the molecule is CCOC1(C(Cc2cnccc2N)NN)CCCC1. The maximum atomic E-state index is 6.05. The smallest absolute Gasteiger partial charge is 0.0851 e. The van der Waals surface area contributed by atoms with E-state index < -0.39 is 0 Å². The summed E-state index contributed by atoms with van der Waals surface area (Å²) < 4.78 is 6.05.